The Balaban J connectivity index is 1.58. The van der Waals surface area contributed by atoms with Crippen LogP contribution in [0.3, 0.4) is 0 Å². The zero-order valence-corrected chi connectivity index (χ0v) is 17.5. The van der Waals surface area contributed by atoms with Gasteiger partial charge in [0.1, 0.15) is 5.75 Å². The number of fused-ring (bicyclic) bond motifs is 1. The predicted octanol–water partition coefficient (Wildman–Crippen LogP) is 5.91. The number of allylic oxidation sites excluding steroid dienone is 1. The summed E-state index contributed by atoms with van der Waals surface area (Å²) in [4.78, 5) is 12.1. The second kappa shape index (κ2) is 7.23. The molecule has 156 valence electrons. The van der Waals surface area contributed by atoms with Gasteiger partial charge in [-0.05, 0) is 85.1 Å². The van der Waals surface area contributed by atoms with E-state index in [0.29, 0.717) is 17.6 Å². The fourth-order valence-electron chi connectivity index (χ4n) is 6.59. The SMILES string of the molecule is C=CC(=O)Oc1ccccc1C(c1ccc2[nH]ncc2c1)=C1[C@H]2CC3CC(C2)C[C@@H]1C3. The first kappa shape index (κ1) is 18.6. The average Bonchev–Trinajstić information content (AvgIpc) is 3.24. The van der Waals surface area contributed by atoms with Gasteiger partial charge in [0.05, 0.1) is 11.7 Å². The van der Waals surface area contributed by atoms with Gasteiger partial charge in [0, 0.05) is 17.0 Å². The largest absolute Gasteiger partial charge is 0.423 e. The second-order valence-electron chi connectivity index (χ2n) is 9.43. The monoisotopic (exact) mass is 410 g/mol. The molecular formula is C27H26N2O2. The summed E-state index contributed by atoms with van der Waals surface area (Å²) in [7, 11) is 0. The van der Waals surface area contributed by atoms with Gasteiger partial charge in [0.2, 0.25) is 0 Å². The molecule has 1 heterocycles. The standard InChI is InChI=1S/C27H26N2O2/c1-2-25(30)31-24-6-4-3-5-22(24)27(18-7-8-23-21(14-18)15-28-29-23)26-19-10-16-9-17(12-19)13-20(26)11-16/h2-8,14-17,19-20H,1,9-13H2,(H,28,29)/t16?,17?,19-,20-. The molecule has 4 fully saturated rings. The number of para-hydroxylation sites is 1. The molecule has 4 aliphatic carbocycles. The third kappa shape index (κ3) is 3.13. The van der Waals surface area contributed by atoms with Gasteiger partial charge in [-0.15, -0.1) is 0 Å². The third-order valence-corrected chi connectivity index (χ3v) is 7.57. The van der Waals surface area contributed by atoms with Crippen molar-refractivity contribution in [3.8, 4) is 5.75 Å². The second-order valence-corrected chi connectivity index (χ2v) is 9.43. The summed E-state index contributed by atoms with van der Waals surface area (Å²) >= 11 is 0. The van der Waals surface area contributed by atoms with Crippen molar-refractivity contribution in [1.29, 1.82) is 0 Å². The van der Waals surface area contributed by atoms with E-state index in [9.17, 15) is 4.79 Å². The summed E-state index contributed by atoms with van der Waals surface area (Å²) in [5.41, 5.74) is 6.05. The quantitative estimate of drug-likeness (QED) is 0.330. The Bertz CT molecular complexity index is 1190. The van der Waals surface area contributed by atoms with Crippen LogP contribution in [0.15, 0.2) is 66.9 Å². The molecule has 4 bridgehead atoms. The molecule has 4 saturated carbocycles. The summed E-state index contributed by atoms with van der Waals surface area (Å²) in [5, 5.41) is 8.36. The number of benzene rings is 2. The maximum atomic E-state index is 12.1. The van der Waals surface area contributed by atoms with Crippen molar-refractivity contribution < 1.29 is 9.53 Å². The Morgan fingerprint density at radius 1 is 1.03 bits per heavy atom. The van der Waals surface area contributed by atoms with E-state index < -0.39 is 5.97 Å². The lowest BCUT2D eigenvalue weighted by Crippen LogP contribution is -2.40. The highest BCUT2D eigenvalue weighted by Gasteiger charge is 2.46. The van der Waals surface area contributed by atoms with Crippen LogP contribution < -0.4 is 4.74 Å². The van der Waals surface area contributed by atoms with E-state index in [1.165, 1.54) is 49.3 Å². The zero-order valence-electron chi connectivity index (χ0n) is 17.5. The molecule has 0 amide bonds. The molecule has 1 N–H and O–H groups in total. The number of carbonyl (C=O) groups is 1. The first-order valence-electron chi connectivity index (χ1n) is 11.3. The van der Waals surface area contributed by atoms with E-state index in [1.54, 1.807) is 5.57 Å². The van der Waals surface area contributed by atoms with Crippen molar-refractivity contribution in [3.63, 3.8) is 0 Å². The Labute approximate surface area is 182 Å². The topological polar surface area (TPSA) is 55.0 Å². The fourth-order valence-corrected chi connectivity index (χ4v) is 6.59. The molecule has 0 spiro atoms. The Kier molecular flexibility index (Phi) is 4.34. The predicted molar refractivity (Wildman–Crippen MR) is 121 cm³/mol. The Hall–Kier alpha value is -3.14. The molecular weight excluding hydrogens is 384 g/mol. The number of aromatic nitrogens is 2. The number of hydrogen-bond acceptors (Lipinski definition) is 3. The molecule has 1 aromatic heterocycles. The van der Waals surface area contributed by atoms with Crippen LogP contribution in [0.5, 0.6) is 5.75 Å². The minimum Gasteiger partial charge on any atom is -0.423 e. The number of H-pyrrole nitrogens is 1. The molecule has 4 nitrogen and oxygen atoms in total. The van der Waals surface area contributed by atoms with Crippen molar-refractivity contribution in [2.24, 2.45) is 23.7 Å². The number of nitrogens with one attached hydrogen (secondary N) is 1. The maximum absolute atomic E-state index is 12.1. The van der Waals surface area contributed by atoms with Gasteiger partial charge in [-0.25, -0.2) is 4.79 Å². The number of rotatable bonds is 4. The minimum absolute atomic E-state index is 0.424. The van der Waals surface area contributed by atoms with Crippen molar-refractivity contribution in [2.45, 2.75) is 32.1 Å². The van der Waals surface area contributed by atoms with Crippen molar-refractivity contribution in [3.05, 3.63) is 78.0 Å². The molecule has 0 saturated heterocycles. The van der Waals surface area contributed by atoms with Gasteiger partial charge < -0.3 is 4.74 Å². The normalized spacial score (nSPS) is 26.3. The number of ether oxygens (including phenoxy) is 1. The average molecular weight is 411 g/mol. The van der Waals surface area contributed by atoms with E-state index in [0.717, 1.165) is 28.3 Å². The van der Waals surface area contributed by atoms with Crippen molar-refractivity contribution in [2.75, 3.05) is 0 Å². The lowest BCUT2D eigenvalue weighted by atomic mass is 9.53. The van der Waals surface area contributed by atoms with E-state index in [2.05, 4.69) is 41.0 Å². The highest BCUT2D eigenvalue weighted by Crippen LogP contribution is 2.59. The van der Waals surface area contributed by atoms with Crippen LogP contribution in [-0.4, -0.2) is 16.2 Å². The van der Waals surface area contributed by atoms with E-state index in [4.69, 9.17) is 4.74 Å². The molecule has 0 radical (unpaired) electrons. The highest BCUT2D eigenvalue weighted by atomic mass is 16.5. The zero-order chi connectivity index (χ0) is 20.9. The van der Waals surface area contributed by atoms with Gasteiger partial charge in [-0.1, -0.05) is 36.4 Å². The number of carbonyl (C=O) groups excluding carboxylic acids is 1. The van der Waals surface area contributed by atoms with Gasteiger partial charge in [0.15, 0.2) is 0 Å². The molecule has 0 atom stereocenters. The smallest absolute Gasteiger partial charge is 0.335 e. The Morgan fingerprint density at radius 3 is 2.52 bits per heavy atom. The Morgan fingerprint density at radius 2 is 1.77 bits per heavy atom. The first-order valence-corrected chi connectivity index (χ1v) is 11.3. The lowest BCUT2D eigenvalue weighted by molar-refractivity contribution is -0.128. The van der Waals surface area contributed by atoms with Gasteiger partial charge in [0.25, 0.3) is 0 Å². The number of esters is 1. The van der Waals surface area contributed by atoms with Crippen LogP contribution in [0.4, 0.5) is 0 Å². The number of hydrogen-bond donors (Lipinski definition) is 1. The van der Waals surface area contributed by atoms with Crippen LogP contribution in [0, 0.1) is 23.7 Å². The molecule has 0 aliphatic heterocycles. The summed E-state index contributed by atoms with van der Waals surface area (Å²) < 4.78 is 5.70. The summed E-state index contributed by atoms with van der Waals surface area (Å²) in [5.74, 6) is 3.22. The fraction of sp³-hybridized carbons (Fsp3) is 0.333. The first-order chi connectivity index (χ1) is 15.2. The van der Waals surface area contributed by atoms with Crippen LogP contribution in [0.2, 0.25) is 0 Å². The van der Waals surface area contributed by atoms with E-state index >= 15 is 0 Å². The summed E-state index contributed by atoms with van der Waals surface area (Å²) in [6, 6.07) is 14.5. The third-order valence-electron chi connectivity index (χ3n) is 7.57. The van der Waals surface area contributed by atoms with Crippen LogP contribution >= 0.6 is 0 Å². The molecule has 7 rings (SSSR count). The molecule has 0 unspecified atom stereocenters. The van der Waals surface area contributed by atoms with E-state index in [-0.39, 0.29) is 0 Å². The van der Waals surface area contributed by atoms with Crippen LogP contribution in [0.25, 0.3) is 16.5 Å². The number of aromatic amines is 1. The minimum atomic E-state index is -0.424. The van der Waals surface area contributed by atoms with Crippen molar-refractivity contribution >= 4 is 22.4 Å². The summed E-state index contributed by atoms with van der Waals surface area (Å²) in [6.45, 7) is 3.57. The lowest BCUT2D eigenvalue weighted by Gasteiger charge is -2.52. The van der Waals surface area contributed by atoms with Crippen LogP contribution in [-0.2, 0) is 4.79 Å². The highest BCUT2D eigenvalue weighted by molar-refractivity contribution is 5.92. The molecule has 4 aliphatic rings. The molecule has 2 aromatic carbocycles. The van der Waals surface area contributed by atoms with Gasteiger partial charge in [-0.3, -0.25) is 5.10 Å². The van der Waals surface area contributed by atoms with E-state index in [1.807, 2.05) is 24.4 Å². The molecule has 4 heteroatoms. The maximum Gasteiger partial charge on any atom is 0.335 e. The van der Waals surface area contributed by atoms with Crippen LogP contribution in [0.1, 0.15) is 43.2 Å². The molecule has 3 aromatic rings. The number of nitrogens with zero attached hydrogens (tertiary/aromatic N) is 1. The van der Waals surface area contributed by atoms with Gasteiger partial charge >= 0.3 is 5.97 Å². The van der Waals surface area contributed by atoms with Crippen molar-refractivity contribution in [1.82, 2.24) is 10.2 Å². The molecule has 31 heavy (non-hydrogen) atoms. The van der Waals surface area contributed by atoms with Gasteiger partial charge in [-0.2, -0.15) is 5.10 Å². The summed E-state index contributed by atoms with van der Waals surface area (Å²) in [6.07, 6.45) is 9.72.